The molecule has 0 radical (unpaired) electrons. The van der Waals surface area contributed by atoms with E-state index in [4.69, 9.17) is 16.9 Å². The summed E-state index contributed by atoms with van der Waals surface area (Å²) in [5.41, 5.74) is 14.3. The van der Waals surface area contributed by atoms with E-state index < -0.39 is 0 Å². The van der Waals surface area contributed by atoms with Crippen LogP contribution in [-0.2, 0) is 7.05 Å². The van der Waals surface area contributed by atoms with Gasteiger partial charge in [0.15, 0.2) is 0 Å². The minimum absolute atomic E-state index is 0.331. The highest BCUT2D eigenvalue weighted by atomic mass is 15.2. The minimum atomic E-state index is 0.331. The average molecular weight is 215 g/mol. The smallest absolute Gasteiger partial charge is 0.0737 e. The number of hydrogen-bond acceptors (Lipinski definition) is 4. The van der Waals surface area contributed by atoms with Crippen molar-refractivity contribution in [1.29, 1.82) is 5.41 Å². The van der Waals surface area contributed by atoms with Crippen LogP contribution in [0.5, 0.6) is 0 Å². The van der Waals surface area contributed by atoms with Crippen LogP contribution < -0.4 is 11.5 Å². The van der Waals surface area contributed by atoms with Gasteiger partial charge in [0, 0.05) is 35.7 Å². The van der Waals surface area contributed by atoms with Crippen molar-refractivity contribution < 1.29 is 0 Å². The van der Waals surface area contributed by atoms with Crippen LogP contribution in [0.1, 0.15) is 11.1 Å². The van der Waals surface area contributed by atoms with Gasteiger partial charge in [-0.15, -0.1) is 0 Å². The molecule has 0 amide bonds. The summed E-state index contributed by atoms with van der Waals surface area (Å²) in [6.07, 6.45) is 3.40. The Morgan fingerprint density at radius 2 is 2.12 bits per heavy atom. The molecule has 0 aliphatic carbocycles. The van der Waals surface area contributed by atoms with Gasteiger partial charge in [0.2, 0.25) is 0 Å². The molecule has 2 aromatic rings. The number of anilines is 2. The quantitative estimate of drug-likeness (QED) is 0.515. The maximum atomic E-state index is 8.03. The third-order valence-electron chi connectivity index (χ3n) is 2.34. The number of rotatable bonds is 2. The fourth-order valence-corrected chi connectivity index (χ4v) is 1.50. The molecule has 0 saturated carbocycles. The van der Waals surface area contributed by atoms with Gasteiger partial charge in [-0.2, -0.15) is 5.10 Å². The van der Waals surface area contributed by atoms with Crippen LogP contribution in [0.15, 0.2) is 30.6 Å². The predicted molar refractivity (Wildman–Crippen MR) is 64.4 cm³/mol. The van der Waals surface area contributed by atoms with E-state index in [0.29, 0.717) is 22.6 Å². The van der Waals surface area contributed by atoms with Gasteiger partial charge < -0.3 is 11.5 Å². The maximum Gasteiger partial charge on any atom is 0.0737 e. The van der Waals surface area contributed by atoms with E-state index in [1.54, 1.807) is 42.3 Å². The third kappa shape index (κ3) is 1.75. The Labute approximate surface area is 93.2 Å². The largest absolute Gasteiger partial charge is 0.399 e. The second kappa shape index (κ2) is 3.69. The summed E-state index contributed by atoms with van der Waals surface area (Å²) in [6.45, 7) is 0. The van der Waals surface area contributed by atoms with Gasteiger partial charge in [0.25, 0.3) is 0 Å². The van der Waals surface area contributed by atoms with E-state index in [9.17, 15) is 0 Å². The second-order valence-corrected chi connectivity index (χ2v) is 3.62. The predicted octanol–water partition coefficient (Wildman–Crippen LogP) is 1.00. The highest BCUT2D eigenvalue weighted by molar-refractivity contribution is 6.13. The van der Waals surface area contributed by atoms with E-state index in [1.807, 2.05) is 0 Å². The van der Waals surface area contributed by atoms with Gasteiger partial charge in [-0.05, 0) is 18.2 Å². The molecule has 5 N–H and O–H groups in total. The summed E-state index contributed by atoms with van der Waals surface area (Å²) in [5.74, 6) is 0. The van der Waals surface area contributed by atoms with Crippen molar-refractivity contribution in [2.45, 2.75) is 0 Å². The summed E-state index contributed by atoms with van der Waals surface area (Å²) in [6, 6.07) is 5.12. The van der Waals surface area contributed by atoms with Crippen molar-refractivity contribution in [3.63, 3.8) is 0 Å². The molecular formula is C11H13N5. The van der Waals surface area contributed by atoms with Gasteiger partial charge in [0.1, 0.15) is 0 Å². The number of hydrogen-bond donors (Lipinski definition) is 3. The standard InChI is InChI=1S/C11H13N5/c1-16-6-7(5-15-16)11(14)9-4-8(12)2-3-10(9)13/h2-6,14H,12-13H2,1H3. The second-order valence-electron chi connectivity index (χ2n) is 3.62. The first kappa shape index (κ1) is 10.2. The number of nitrogens with one attached hydrogen (secondary N) is 1. The van der Waals surface area contributed by atoms with Crippen LogP contribution in [0.2, 0.25) is 0 Å². The van der Waals surface area contributed by atoms with Crippen LogP contribution in [0.25, 0.3) is 0 Å². The molecular weight excluding hydrogens is 202 g/mol. The van der Waals surface area contributed by atoms with E-state index in [0.717, 1.165) is 5.56 Å². The van der Waals surface area contributed by atoms with E-state index >= 15 is 0 Å². The lowest BCUT2D eigenvalue weighted by Crippen LogP contribution is -2.05. The normalized spacial score (nSPS) is 10.3. The Morgan fingerprint density at radius 1 is 1.38 bits per heavy atom. The van der Waals surface area contributed by atoms with Crippen LogP contribution in [0.3, 0.4) is 0 Å². The van der Waals surface area contributed by atoms with Crippen molar-refractivity contribution in [2.75, 3.05) is 11.5 Å². The summed E-state index contributed by atoms with van der Waals surface area (Å²) < 4.78 is 1.65. The summed E-state index contributed by atoms with van der Waals surface area (Å²) in [5, 5.41) is 12.1. The lowest BCUT2D eigenvalue weighted by atomic mass is 10.0. The van der Waals surface area contributed by atoms with Crippen LogP contribution >= 0.6 is 0 Å². The van der Waals surface area contributed by atoms with Gasteiger partial charge in [0.05, 0.1) is 11.9 Å². The maximum absolute atomic E-state index is 8.03. The number of aryl methyl sites for hydroxylation is 1. The number of nitrogens with two attached hydrogens (primary N) is 2. The average Bonchev–Trinajstić information content (AvgIpc) is 2.67. The Bertz CT molecular complexity index is 541. The molecule has 0 bridgehead atoms. The zero-order chi connectivity index (χ0) is 11.7. The molecule has 0 saturated heterocycles. The highest BCUT2D eigenvalue weighted by Crippen LogP contribution is 2.19. The topological polar surface area (TPSA) is 93.7 Å². The molecule has 0 aliphatic heterocycles. The zero-order valence-electron chi connectivity index (χ0n) is 8.94. The Hall–Kier alpha value is -2.30. The van der Waals surface area contributed by atoms with Crippen LogP contribution in [-0.4, -0.2) is 15.5 Å². The van der Waals surface area contributed by atoms with E-state index in [1.165, 1.54) is 0 Å². The van der Waals surface area contributed by atoms with Crippen molar-refractivity contribution >= 4 is 17.1 Å². The highest BCUT2D eigenvalue weighted by Gasteiger charge is 2.10. The molecule has 0 spiro atoms. The third-order valence-corrected chi connectivity index (χ3v) is 2.34. The van der Waals surface area contributed by atoms with Crippen molar-refractivity contribution in [2.24, 2.45) is 7.05 Å². The lowest BCUT2D eigenvalue weighted by molar-refractivity contribution is 0.767. The first-order valence-corrected chi connectivity index (χ1v) is 4.81. The van der Waals surface area contributed by atoms with Crippen molar-refractivity contribution in [3.8, 4) is 0 Å². The van der Waals surface area contributed by atoms with E-state index in [2.05, 4.69) is 5.10 Å². The fraction of sp³-hybridized carbons (Fsp3) is 0.0909. The first-order chi connectivity index (χ1) is 7.58. The first-order valence-electron chi connectivity index (χ1n) is 4.81. The summed E-state index contributed by atoms with van der Waals surface area (Å²) in [4.78, 5) is 0. The molecule has 1 aromatic heterocycles. The number of benzene rings is 1. The van der Waals surface area contributed by atoms with Gasteiger partial charge >= 0.3 is 0 Å². The van der Waals surface area contributed by atoms with Gasteiger partial charge in [-0.25, -0.2) is 0 Å². The Balaban J connectivity index is 2.45. The molecule has 2 rings (SSSR count). The molecule has 0 fully saturated rings. The molecule has 0 atom stereocenters. The van der Waals surface area contributed by atoms with E-state index in [-0.39, 0.29) is 0 Å². The fourth-order valence-electron chi connectivity index (χ4n) is 1.50. The number of aromatic nitrogens is 2. The minimum Gasteiger partial charge on any atom is -0.399 e. The number of nitrogens with zero attached hydrogens (tertiary/aromatic N) is 2. The Morgan fingerprint density at radius 3 is 2.75 bits per heavy atom. The Kier molecular flexibility index (Phi) is 2.36. The van der Waals surface area contributed by atoms with Gasteiger partial charge in [-0.1, -0.05) is 0 Å². The van der Waals surface area contributed by atoms with Crippen LogP contribution in [0.4, 0.5) is 11.4 Å². The molecule has 5 heteroatoms. The zero-order valence-corrected chi connectivity index (χ0v) is 8.94. The van der Waals surface area contributed by atoms with Gasteiger partial charge in [-0.3, -0.25) is 10.1 Å². The van der Waals surface area contributed by atoms with Crippen molar-refractivity contribution in [1.82, 2.24) is 9.78 Å². The lowest BCUT2D eigenvalue weighted by Gasteiger charge is -2.06. The SMILES string of the molecule is Cn1cc(C(=N)c2cc(N)ccc2N)cn1. The van der Waals surface area contributed by atoms with Crippen LogP contribution in [0, 0.1) is 5.41 Å². The summed E-state index contributed by atoms with van der Waals surface area (Å²) in [7, 11) is 1.81. The molecule has 82 valence electrons. The monoisotopic (exact) mass is 215 g/mol. The molecule has 5 nitrogen and oxygen atoms in total. The molecule has 1 aromatic carbocycles. The summed E-state index contributed by atoms with van der Waals surface area (Å²) >= 11 is 0. The molecule has 0 unspecified atom stereocenters. The number of nitrogen functional groups attached to an aromatic ring is 2. The molecule has 0 aliphatic rings. The molecule has 16 heavy (non-hydrogen) atoms. The van der Waals surface area contributed by atoms with Crippen molar-refractivity contribution in [3.05, 3.63) is 41.7 Å². The molecule has 1 heterocycles.